The molecule has 8 nitrogen and oxygen atoms in total. The molecule has 156 valence electrons. The van der Waals surface area contributed by atoms with Crippen LogP contribution in [0.2, 0.25) is 0 Å². The highest BCUT2D eigenvalue weighted by molar-refractivity contribution is 5.85. The minimum absolute atomic E-state index is 0.128. The monoisotopic (exact) mass is 407 g/mol. The van der Waals surface area contributed by atoms with Crippen LogP contribution >= 0.6 is 0 Å². The second kappa shape index (κ2) is 8.79. The molecule has 0 atom stereocenters. The molecule has 0 bridgehead atoms. The molecule has 8 heteroatoms. The van der Waals surface area contributed by atoms with Gasteiger partial charge in [-0.3, -0.25) is 4.98 Å². The number of hydrogen-bond acceptors (Lipinski definition) is 8. The van der Waals surface area contributed by atoms with Crippen molar-refractivity contribution in [1.82, 2.24) is 19.9 Å². The van der Waals surface area contributed by atoms with Crippen molar-refractivity contribution in [2.75, 3.05) is 31.2 Å². The van der Waals surface area contributed by atoms with Crippen molar-refractivity contribution in [3.8, 4) is 11.8 Å². The highest BCUT2D eigenvalue weighted by Crippen LogP contribution is 2.33. The minimum Gasteiger partial charge on any atom is -0.488 e. The van der Waals surface area contributed by atoms with Crippen molar-refractivity contribution in [2.45, 2.75) is 37.9 Å². The van der Waals surface area contributed by atoms with E-state index in [0.717, 1.165) is 74.5 Å². The smallest absolute Gasteiger partial charge is 0.316 e. The number of fused-ring (bicyclic) bond motifs is 1. The maximum Gasteiger partial charge on any atom is 0.316 e. The zero-order chi connectivity index (χ0) is 20.2. The van der Waals surface area contributed by atoms with Crippen LogP contribution in [0.4, 0.5) is 5.69 Å². The number of rotatable bonds is 5. The van der Waals surface area contributed by atoms with E-state index in [1.165, 1.54) is 0 Å². The van der Waals surface area contributed by atoms with Gasteiger partial charge >= 0.3 is 6.01 Å². The Morgan fingerprint density at radius 3 is 2.27 bits per heavy atom. The van der Waals surface area contributed by atoms with Gasteiger partial charge in [-0.1, -0.05) is 0 Å². The second-order valence-corrected chi connectivity index (χ2v) is 7.63. The molecule has 5 rings (SSSR count). The average Bonchev–Trinajstić information content (AvgIpc) is 2.81. The number of morpholine rings is 1. The number of ether oxygens (including phenoxy) is 3. The van der Waals surface area contributed by atoms with Gasteiger partial charge in [-0.2, -0.15) is 0 Å². The van der Waals surface area contributed by atoms with Crippen LogP contribution in [0.15, 0.2) is 43.0 Å². The van der Waals surface area contributed by atoms with Crippen molar-refractivity contribution in [3.05, 3.63) is 43.0 Å². The zero-order valence-electron chi connectivity index (χ0n) is 16.8. The van der Waals surface area contributed by atoms with E-state index in [2.05, 4.69) is 37.0 Å². The maximum absolute atomic E-state index is 6.45. The number of nitrogens with zero attached hydrogens (tertiary/aromatic N) is 5. The molecule has 0 spiro atoms. The number of hydrogen-bond donors (Lipinski definition) is 0. The van der Waals surface area contributed by atoms with Gasteiger partial charge in [-0.25, -0.2) is 15.0 Å². The Morgan fingerprint density at radius 1 is 0.800 bits per heavy atom. The Hall–Kier alpha value is -3.00. The number of benzene rings is 1. The first-order valence-corrected chi connectivity index (χ1v) is 10.5. The van der Waals surface area contributed by atoms with E-state index in [1.807, 2.05) is 0 Å². The predicted octanol–water partition coefficient (Wildman–Crippen LogP) is 3.03. The lowest BCUT2D eigenvalue weighted by Crippen LogP contribution is -2.36. The molecule has 3 aromatic rings. The summed E-state index contributed by atoms with van der Waals surface area (Å²) >= 11 is 0. The average molecular weight is 407 g/mol. The van der Waals surface area contributed by atoms with Gasteiger partial charge in [0, 0.05) is 49.6 Å². The largest absolute Gasteiger partial charge is 0.488 e. The predicted molar refractivity (Wildman–Crippen MR) is 112 cm³/mol. The first-order valence-electron chi connectivity index (χ1n) is 10.5. The second-order valence-electron chi connectivity index (χ2n) is 7.63. The van der Waals surface area contributed by atoms with Crippen LogP contribution in [0, 0.1) is 0 Å². The summed E-state index contributed by atoms with van der Waals surface area (Å²) in [5.41, 5.74) is 2.78. The Labute approximate surface area is 175 Å². The summed E-state index contributed by atoms with van der Waals surface area (Å²) in [7, 11) is 0. The van der Waals surface area contributed by atoms with E-state index in [0.29, 0.717) is 6.01 Å². The van der Waals surface area contributed by atoms with Crippen LogP contribution in [0.1, 0.15) is 25.7 Å². The van der Waals surface area contributed by atoms with E-state index in [1.54, 1.807) is 30.9 Å². The molecule has 0 unspecified atom stereocenters. The van der Waals surface area contributed by atoms with Crippen LogP contribution < -0.4 is 14.4 Å². The maximum atomic E-state index is 6.45. The molecule has 2 fully saturated rings. The van der Waals surface area contributed by atoms with Crippen LogP contribution in [0.5, 0.6) is 11.8 Å². The van der Waals surface area contributed by atoms with Gasteiger partial charge in [0.15, 0.2) is 0 Å². The Bertz CT molecular complexity index is 973. The number of aromatic nitrogens is 4. The van der Waals surface area contributed by atoms with E-state index in [-0.39, 0.29) is 12.2 Å². The lowest BCUT2D eigenvalue weighted by atomic mass is 9.95. The van der Waals surface area contributed by atoms with Gasteiger partial charge in [0.05, 0.1) is 24.8 Å². The summed E-state index contributed by atoms with van der Waals surface area (Å²) < 4.78 is 17.8. The Morgan fingerprint density at radius 2 is 1.50 bits per heavy atom. The van der Waals surface area contributed by atoms with Crippen molar-refractivity contribution in [1.29, 1.82) is 0 Å². The summed E-state index contributed by atoms with van der Waals surface area (Å²) in [6.45, 7) is 3.22. The van der Waals surface area contributed by atoms with E-state index >= 15 is 0 Å². The summed E-state index contributed by atoms with van der Waals surface area (Å²) in [4.78, 5) is 19.7. The molecule has 1 aliphatic carbocycles. The standard InChI is InChI=1S/C22H25N5O3/c1-6-25-22(26-7-1)30-18-4-2-17(3-5-18)29-20-15-16(27-10-12-28-13-11-27)14-19-21(20)24-9-8-23-19/h1,6-9,14-15,17-18H,2-5,10-13H2/t17-,18+. The zero-order valence-corrected chi connectivity index (χ0v) is 16.8. The van der Waals surface area contributed by atoms with E-state index < -0.39 is 0 Å². The van der Waals surface area contributed by atoms with E-state index in [9.17, 15) is 0 Å². The van der Waals surface area contributed by atoms with Gasteiger partial charge in [-0.05, 0) is 37.8 Å². The van der Waals surface area contributed by atoms with Gasteiger partial charge in [0.2, 0.25) is 0 Å². The fraction of sp³-hybridized carbons (Fsp3) is 0.455. The Balaban J connectivity index is 1.29. The minimum atomic E-state index is 0.128. The van der Waals surface area contributed by atoms with Gasteiger partial charge in [0.25, 0.3) is 0 Å². The molecule has 0 N–H and O–H groups in total. The number of anilines is 1. The van der Waals surface area contributed by atoms with Crippen LogP contribution in [0.25, 0.3) is 11.0 Å². The van der Waals surface area contributed by atoms with Crippen molar-refractivity contribution in [3.63, 3.8) is 0 Å². The molecular formula is C22H25N5O3. The van der Waals surface area contributed by atoms with Crippen LogP contribution in [-0.4, -0.2) is 58.4 Å². The summed E-state index contributed by atoms with van der Waals surface area (Å²) in [5, 5.41) is 0. The van der Waals surface area contributed by atoms with Gasteiger partial charge in [0.1, 0.15) is 17.4 Å². The molecule has 1 saturated heterocycles. The summed E-state index contributed by atoms with van der Waals surface area (Å²) in [6.07, 6.45) is 10.8. The molecule has 2 aliphatic rings. The fourth-order valence-electron chi connectivity index (χ4n) is 4.07. The molecule has 3 heterocycles. The molecule has 0 amide bonds. The van der Waals surface area contributed by atoms with Crippen molar-refractivity contribution >= 4 is 16.7 Å². The molecule has 1 aliphatic heterocycles. The topological polar surface area (TPSA) is 82.5 Å². The molecular weight excluding hydrogens is 382 g/mol. The van der Waals surface area contributed by atoms with Gasteiger partial charge < -0.3 is 19.1 Å². The summed E-state index contributed by atoms with van der Waals surface area (Å²) in [6, 6.07) is 6.42. The van der Waals surface area contributed by atoms with Crippen LogP contribution in [0.3, 0.4) is 0 Å². The first-order chi connectivity index (χ1) is 14.8. The molecule has 30 heavy (non-hydrogen) atoms. The normalized spacial score (nSPS) is 22.1. The van der Waals surface area contributed by atoms with Crippen LogP contribution in [-0.2, 0) is 4.74 Å². The quantitative estimate of drug-likeness (QED) is 0.638. The third-order valence-corrected chi connectivity index (χ3v) is 5.63. The first kappa shape index (κ1) is 19.0. The fourth-order valence-corrected chi connectivity index (χ4v) is 4.07. The lowest BCUT2D eigenvalue weighted by Gasteiger charge is -2.31. The highest BCUT2D eigenvalue weighted by atomic mass is 16.5. The molecule has 1 aromatic carbocycles. The van der Waals surface area contributed by atoms with Gasteiger partial charge in [-0.15, -0.1) is 0 Å². The third kappa shape index (κ3) is 4.28. The molecule has 2 aromatic heterocycles. The lowest BCUT2D eigenvalue weighted by molar-refractivity contribution is 0.0757. The summed E-state index contributed by atoms with van der Waals surface area (Å²) in [5.74, 6) is 0.804. The van der Waals surface area contributed by atoms with E-state index in [4.69, 9.17) is 14.2 Å². The molecule has 0 radical (unpaired) electrons. The SMILES string of the molecule is c1cnc(O[C@H]2CC[C@@H](Oc3cc(N4CCOCC4)cc4nccnc34)CC2)nc1. The third-order valence-electron chi connectivity index (χ3n) is 5.63. The highest BCUT2D eigenvalue weighted by Gasteiger charge is 2.25. The van der Waals surface area contributed by atoms with Crippen molar-refractivity contribution in [2.24, 2.45) is 0 Å². The molecule has 1 saturated carbocycles. The Kier molecular flexibility index (Phi) is 5.56. The van der Waals surface area contributed by atoms with Crippen molar-refractivity contribution < 1.29 is 14.2 Å².